The number of nitrogens with two attached hydrogens (primary N) is 1. The molecular formula is C23H27N11O5. The summed E-state index contributed by atoms with van der Waals surface area (Å²) in [6.07, 6.45) is 2.55. The van der Waals surface area contributed by atoms with E-state index in [-0.39, 0.29) is 48.0 Å². The number of nitrogens with zero attached hydrogens (tertiary/aromatic N) is 6. The Morgan fingerprint density at radius 3 is 2.67 bits per heavy atom. The number of hydrogen-bond donors (Lipinski definition) is 6. The SMILES string of the molecule is [N-]=[N+]=NCCCCNC(=O)CC[C@H](NC(=O)c1ccc(NCc2cnc3nc(N)[nH]c(=O)c3n2)cc1)C(=O)O. The molecule has 7 N–H and O–H groups in total. The van der Waals surface area contributed by atoms with Crippen molar-refractivity contribution in [2.75, 3.05) is 24.1 Å². The van der Waals surface area contributed by atoms with Gasteiger partial charge in [0.25, 0.3) is 11.5 Å². The number of aromatic nitrogens is 4. The Kier molecular flexibility index (Phi) is 10.1. The largest absolute Gasteiger partial charge is 0.480 e. The molecule has 2 aromatic heterocycles. The summed E-state index contributed by atoms with van der Waals surface area (Å²) in [6.45, 7) is 0.948. The molecule has 1 aromatic carbocycles. The summed E-state index contributed by atoms with van der Waals surface area (Å²) in [5.41, 5.74) is 14.8. The van der Waals surface area contributed by atoms with E-state index in [0.717, 1.165) is 0 Å². The van der Waals surface area contributed by atoms with Crippen LogP contribution in [0, 0.1) is 0 Å². The van der Waals surface area contributed by atoms with E-state index in [1.165, 1.54) is 18.3 Å². The first-order valence-electron chi connectivity index (χ1n) is 11.9. The zero-order valence-corrected chi connectivity index (χ0v) is 20.8. The third kappa shape index (κ3) is 8.68. The van der Waals surface area contributed by atoms with Crippen LogP contribution in [0.4, 0.5) is 11.6 Å². The Labute approximate surface area is 221 Å². The number of carboxylic acid groups (broad SMARTS) is 1. The average Bonchev–Trinajstić information content (AvgIpc) is 2.91. The maximum atomic E-state index is 12.6. The van der Waals surface area contributed by atoms with Gasteiger partial charge in [0.05, 0.1) is 18.4 Å². The zero-order chi connectivity index (χ0) is 28.2. The molecule has 204 valence electrons. The van der Waals surface area contributed by atoms with Gasteiger partial charge in [-0.2, -0.15) is 4.98 Å². The molecule has 0 fully saturated rings. The zero-order valence-electron chi connectivity index (χ0n) is 20.8. The first-order valence-corrected chi connectivity index (χ1v) is 11.9. The number of carbonyl (C=O) groups excluding carboxylic acids is 2. The van der Waals surface area contributed by atoms with Crippen LogP contribution in [0.3, 0.4) is 0 Å². The Bertz CT molecular complexity index is 1430. The fourth-order valence-corrected chi connectivity index (χ4v) is 3.43. The highest BCUT2D eigenvalue weighted by atomic mass is 16.4. The second-order valence-electron chi connectivity index (χ2n) is 8.33. The second-order valence-corrected chi connectivity index (χ2v) is 8.33. The molecule has 0 aliphatic carbocycles. The molecule has 16 heteroatoms. The fraction of sp³-hybridized carbons (Fsp3) is 0.348. The molecule has 39 heavy (non-hydrogen) atoms. The minimum absolute atomic E-state index is 0.0522. The van der Waals surface area contributed by atoms with Gasteiger partial charge in [-0.1, -0.05) is 5.11 Å². The lowest BCUT2D eigenvalue weighted by Crippen LogP contribution is -2.41. The molecule has 0 saturated carbocycles. The number of H-pyrrole nitrogens is 1. The number of hydrogen-bond acceptors (Lipinski definition) is 10. The van der Waals surface area contributed by atoms with Crippen LogP contribution < -0.4 is 27.2 Å². The lowest BCUT2D eigenvalue weighted by Gasteiger charge is -2.15. The first kappa shape index (κ1) is 28.3. The van der Waals surface area contributed by atoms with Crippen LogP contribution in [-0.4, -0.2) is 62.0 Å². The number of carbonyl (C=O) groups is 3. The van der Waals surface area contributed by atoms with Gasteiger partial charge in [0, 0.05) is 35.7 Å². The average molecular weight is 538 g/mol. The minimum atomic E-state index is -1.25. The normalized spacial score (nSPS) is 11.3. The third-order valence-corrected chi connectivity index (χ3v) is 5.44. The summed E-state index contributed by atoms with van der Waals surface area (Å²) < 4.78 is 0. The number of unbranched alkanes of at least 4 members (excludes halogenated alkanes) is 1. The highest BCUT2D eigenvalue weighted by molar-refractivity contribution is 5.97. The van der Waals surface area contributed by atoms with Gasteiger partial charge in [-0.3, -0.25) is 19.4 Å². The summed E-state index contributed by atoms with van der Waals surface area (Å²) in [6, 6.07) is 5.05. The molecule has 0 saturated heterocycles. The Balaban J connectivity index is 1.48. The van der Waals surface area contributed by atoms with Crippen molar-refractivity contribution < 1.29 is 19.5 Å². The standard InChI is InChI=1S/C23H27N11O5/c24-23-32-19-18(21(37)33-23)30-15(12-28-19)11-27-14-5-3-13(4-6-14)20(36)31-16(22(38)39)7-8-17(35)26-9-1-2-10-29-34-25/h3-6,12,16,27H,1-2,7-11H2,(H,26,35)(H,31,36)(H,38,39)(H3,24,28,32,33,37)/t16-/m0/s1. The van der Waals surface area contributed by atoms with E-state index in [4.69, 9.17) is 11.3 Å². The molecule has 0 spiro atoms. The maximum absolute atomic E-state index is 12.6. The van der Waals surface area contributed by atoms with Crippen LogP contribution in [-0.2, 0) is 16.1 Å². The molecule has 0 unspecified atom stereocenters. The Hall–Kier alpha value is -5.24. The summed E-state index contributed by atoms with van der Waals surface area (Å²) in [4.78, 5) is 65.4. The van der Waals surface area contributed by atoms with Crippen LogP contribution in [0.2, 0.25) is 0 Å². The number of amides is 2. The summed E-state index contributed by atoms with van der Waals surface area (Å²) in [5.74, 6) is -2.24. The number of rotatable bonds is 14. The number of nitrogens with one attached hydrogen (secondary N) is 4. The lowest BCUT2D eigenvalue weighted by atomic mass is 10.1. The molecule has 0 bridgehead atoms. The third-order valence-electron chi connectivity index (χ3n) is 5.44. The van der Waals surface area contributed by atoms with Crippen molar-refractivity contribution in [1.29, 1.82) is 0 Å². The summed E-state index contributed by atoms with van der Waals surface area (Å²) >= 11 is 0. The summed E-state index contributed by atoms with van der Waals surface area (Å²) in [5, 5.41) is 21.0. The molecule has 2 heterocycles. The molecule has 0 aliphatic rings. The fourth-order valence-electron chi connectivity index (χ4n) is 3.43. The smallest absolute Gasteiger partial charge is 0.326 e. The van der Waals surface area contributed by atoms with E-state index >= 15 is 0 Å². The van der Waals surface area contributed by atoms with Gasteiger partial charge in [-0.05, 0) is 49.1 Å². The van der Waals surface area contributed by atoms with Crippen LogP contribution >= 0.6 is 0 Å². The Morgan fingerprint density at radius 1 is 1.18 bits per heavy atom. The van der Waals surface area contributed by atoms with Gasteiger partial charge < -0.3 is 26.8 Å². The molecule has 3 rings (SSSR count). The highest BCUT2D eigenvalue weighted by Crippen LogP contribution is 2.12. The van der Waals surface area contributed by atoms with Crippen LogP contribution in [0.1, 0.15) is 41.7 Å². The van der Waals surface area contributed by atoms with Crippen molar-refractivity contribution in [2.45, 2.75) is 38.3 Å². The monoisotopic (exact) mass is 537 g/mol. The number of nitrogen functional groups attached to an aromatic ring is 1. The predicted molar refractivity (Wildman–Crippen MR) is 141 cm³/mol. The van der Waals surface area contributed by atoms with Crippen molar-refractivity contribution in [1.82, 2.24) is 30.6 Å². The number of anilines is 2. The van der Waals surface area contributed by atoms with Crippen molar-refractivity contribution >= 4 is 40.6 Å². The van der Waals surface area contributed by atoms with E-state index in [2.05, 4.69) is 45.9 Å². The number of aliphatic carboxylic acids is 1. The first-order chi connectivity index (χ1) is 18.8. The van der Waals surface area contributed by atoms with E-state index in [1.807, 2.05) is 0 Å². The minimum Gasteiger partial charge on any atom is -0.480 e. The quantitative estimate of drug-likeness (QED) is 0.0737. The van der Waals surface area contributed by atoms with E-state index in [9.17, 15) is 24.3 Å². The predicted octanol–water partition coefficient (Wildman–Crippen LogP) is 1.08. The van der Waals surface area contributed by atoms with Crippen molar-refractivity contribution in [2.24, 2.45) is 5.11 Å². The van der Waals surface area contributed by atoms with Gasteiger partial charge >= 0.3 is 5.97 Å². The van der Waals surface area contributed by atoms with Crippen LogP contribution in [0.15, 0.2) is 40.4 Å². The van der Waals surface area contributed by atoms with Gasteiger partial charge in [-0.25, -0.2) is 14.8 Å². The number of benzene rings is 1. The molecular weight excluding hydrogens is 510 g/mol. The molecule has 3 aromatic rings. The van der Waals surface area contributed by atoms with Crippen LogP contribution in [0.5, 0.6) is 0 Å². The number of carboxylic acids is 1. The highest BCUT2D eigenvalue weighted by Gasteiger charge is 2.21. The van der Waals surface area contributed by atoms with E-state index in [1.54, 1.807) is 12.1 Å². The van der Waals surface area contributed by atoms with Crippen molar-refractivity contribution in [3.63, 3.8) is 0 Å². The van der Waals surface area contributed by atoms with Gasteiger partial charge in [-0.15, -0.1) is 0 Å². The Morgan fingerprint density at radius 2 is 1.95 bits per heavy atom. The number of fused-ring (bicyclic) bond motifs is 1. The molecule has 0 aliphatic heterocycles. The van der Waals surface area contributed by atoms with Crippen molar-refractivity contribution in [3.05, 3.63) is 62.5 Å². The maximum Gasteiger partial charge on any atom is 0.326 e. The topological polar surface area (TPSA) is 254 Å². The van der Waals surface area contributed by atoms with Gasteiger partial charge in [0.1, 0.15) is 6.04 Å². The molecule has 2 amide bonds. The lowest BCUT2D eigenvalue weighted by molar-refractivity contribution is -0.139. The molecule has 16 nitrogen and oxygen atoms in total. The van der Waals surface area contributed by atoms with E-state index in [0.29, 0.717) is 37.3 Å². The second kappa shape index (κ2) is 13.9. The summed E-state index contributed by atoms with van der Waals surface area (Å²) in [7, 11) is 0. The van der Waals surface area contributed by atoms with E-state index < -0.39 is 23.5 Å². The van der Waals surface area contributed by atoms with Gasteiger partial charge in [0.15, 0.2) is 11.2 Å². The molecule has 0 radical (unpaired) electrons. The van der Waals surface area contributed by atoms with Crippen LogP contribution in [0.25, 0.3) is 21.6 Å². The van der Waals surface area contributed by atoms with Gasteiger partial charge in [0.2, 0.25) is 11.9 Å². The number of aromatic amines is 1. The number of azide groups is 1. The molecule has 1 atom stereocenters. The van der Waals surface area contributed by atoms with Crippen molar-refractivity contribution in [3.8, 4) is 0 Å².